The van der Waals surface area contributed by atoms with Crippen molar-refractivity contribution in [3.63, 3.8) is 0 Å². The molecule has 0 radical (unpaired) electrons. The summed E-state index contributed by atoms with van der Waals surface area (Å²) in [5.74, 6) is 0. The van der Waals surface area contributed by atoms with E-state index in [0.717, 1.165) is 0 Å². The van der Waals surface area contributed by atoms with E-state index in [1.165, 1.54) is 0 Å². The molecule has 0 aromatic carbocycles. The second-order valence-electron chi connectivity index (χ2n) is 0.723. The van der Waals surface area contributed by atoms with E-state index < -0.39 is 8.80 Å². The number of halogens is 2. The van der Waals surface area contributed by atoms with Gasteiger partial charge in [0, 0.05) is 0 Å². The standard InChI is InChI=1S/CH3.2HI.H3N.S.Sb/h1H3;2*1H;1H3;;/q;;;;;+2/p-2. The zero-order valence-corrected chi connectivity index (χ0v) is 11.0. The molecule has 0 saturated heterocycles. The monoisotopic (exact) mass is 439 g/mol. The van der Waals surface area contributed by atoms with Crippen LogP contribution in [0.5, 0.6) is 0 Å². The van der Waals surface area contributed by atoms with Gasteiger partial charge in [0.25, 0.3) is 0 Å². The molecule has 0 unspecified atom stereocenters. The summed E-state index contributed by atoms with van der Waals surface area (Å²) >= 11 is 4.76. The minimum atomic E-state index is -1.58. The predicted octanol–water partition coefficient (Wildman–Crippen LogP) is 2.78. The zero-order valence-electron chi connectivity index (χ0n) is 3.32. The molecule has 0 aliphatic heterocycles. The van der Waals surface area contributed by atoms with Gasteiger partial charge in [-0.2, -0.15) is 0 Å². The van der Waals surface area contributed by atoms with Crippen molar-refractivity contribution in [2.75, 3.05) is 0 Å². The van der Waals surface area contributed by atoms with Gasteiger partial charge in [0.15, 0.2) is 0 Å². The Hall–Kier alpha value is 2.46. The number of rotatable bonds is 0. The van der Waals surface area contributed by atoms with Crippen LogP contribution in [0.25, 0.3) is 0 Å². The maximum atomic E-state index is 5.00. The van der Waals surface area contributed by atoms with Crippen LogP contribution in [0.1, 0.15) is 0 Å². The van der Waals surface area contributed by atoms with Crippen LogP contribution >= 0.6 is 46.2 Å². The van der Waals surface area contributed by atoms with Crippen molar-refractivity contribution >= 4 is 55.0 Å². The number of hydrogen-bond donors (Lipinski definition) is 1. The van der Waals surface area contributed by atoms with Crippen LogP contribution in [0.15, 0.2) is 0 Å². The molecule has 40 valence electrons. The average molecular weight is 440 g/mol. The summed E-state index contributed by atoms with van der Waals surface area (Å²) in [6.45, 7) is 0. The Morgan fingerprint density at radius 2 is 1.50 bits per heavy atom. The van der Waals surface area contributed by atoms with Gasteiger partial charge in [-0.05, 0) is 0 Å². The third-order valence-electron chi connectivity index (χ3n) is 0. The third-order valence-corrected chi connectivity index (χ3v) is 0. The molecule has 0 rings (SSSR count). The van der Waals surface area contributed by atoms with Gasteiger partial charge in [-0.15, -0.1) is 0 Å². The molecule has 0 fully saturated rings. The quantitative estimate of drug-likeness (QED) is 0.465. The first-order valence-corrected chi connectivity index (χ1v) is 21.9. The van der Waals surface area contributed by atoms with Crippen molar-refractivity contribution in [2.45, 2.75) is 4.87 Å². The first kappa shape index (κ1) is 11.3. The summed E-state index contributed by atoms with van der Waals surface area (Å²) in [7, 11) is 3.42. The van der Waals surface area contributed by atoms with Crippen molar-refractivity contribution in [3.8, 4) is 0 Å². The Bertz CT molecular complexity index is 59.7. The van der Waals surface area contributed by atoms with Crippen LogP contribution in [0, 0.1) is 0 Å². The van der Waals surface area contributed by atoms with Crippen molar-refractivity contribution in [3.05, 3.63) is 0 Å². The van der Waals surface area contributed by atoms with Crippen LogP contribution in [0.4, 0.5) is 0 Å². The summed E-state index contributed by atoms with van der Waals surface area (Å²) in [4.78, 5) is 2.18. The first-order chi connectivity index (χ1) is 2.00. The maximum absolute atomic E-state index is 5.00. The molecule has 0 aliphatic rings. The van der Waals surface area contributed by atoms with Gasteiger partial charge in [-0.1, -0.05) is 0 Å². The van der Waals surface area contributed by atoms with Gasteiger partial charge in [0.05, 0.1) is 0 Å². The van der Waals surface area contributed by atoms with E-state index in [1.54, 1.807) is 0 Å². The molecule has 6 heavy (non-hydrogen) atoms. The van der Waals surface area contributed by atoms with E-state index in [9.17, 15) is 0 Å². The Morgan fingerprint density at radius 3 is 1.50 bits per heavy atom. The second-order valence-corrected chi connectivity index (χ2v) is 56.8. The molecular weight excluding hydrogens is 434 g/mol. The second kappa shape index (κ2) is 4.35. The molecule has 0 saturated carbocycles. The fourth-order valence-electron chi connectivity index (χ4n) is 0. The fourth-order valence-corrected chi connectivity index (χ4v) is 0. The summed E-state index contributed by atoms with van der Waals surface area (Å²) in [5.41, 5.74) is 0. The molecule has 5 heteroatoms. The topological polar surface area (TPSA) is 35.0 Å². The molecule has 0 amide bonds. The van der Waals surface area contributed by atoms with Gasteiger partial charge in [0.1, 0.15) is 0 Å². The zero-order chi connectivity index (χ0) is 4.50. The van der Waals surface area contributed by atoms with E-state index in [1.807, 2.05) is 0 Å². The third kappa shape index (κ3) is 31.8. The molecule has 0 aromatic rings. The molecule has 0 aliphatic carbocycles. The van der Waals surface area contributed by atoms with Crippen molar-refractivity contribution in [2.24, 2.45) is 0 Å². The normalized spacial score (nSPS) is 9.83. The van der Waals surface area contributed by atoms with Gasteiger partial charge in [-0.25, -0.2) is 0 Å². The van der Waals surface area contributed by atoms with Crippen LogP contribution in [0.2, 0.25) is 4.87 Å². The van der Waals surface area contributed by atoms with Gasteiger partial charge in [0.2, 0.25) is 0 Å². The molecule has 3 N–H and O–H groups in total. The summed E-state index contributed by atoms with van der Waals surface area (Å²) in [6.07, 6.45) is 0. The van der Waals surface area contributed by atoms with Crippen LogP contribution in [-0.4, -0.2) is 8.80 Å². The van der Waals surface area contributed by atoms with Crippen molar-refractivity contribution in [1.82, 2.24) is 6.15 Å². The van der Waals surface area contributed by atoms with E-state index in [0.29, 0.717) is 0 Å². The van der Waals surface area contributed by atoms with E-state index in [-0.39, 0.29) is 6.15 Å². The van der Waals surface area contributed by atoms with E-state index in [4.69, 9.17) is 9.19 Å². The van der Waals surface area contributed by atoms with Crippen LogP contribution in [0.3, 0.4) is 0 Å². The Labute approximate surface area is 64.5 Å². The van der Waals surface area contributed by atoms with Crippen molar-refractivity contribution < 1.29 is 0 Å². The molecule has 0 aromatic heterocycles. The van der Waals surface area contributed by atoms with Crippen molar-refractivity contribution in [1.29, 1.82) is 0 Å². The molecule has 0 spiro atoms. The molecule has 0 heterocycles. The molecule has 0 atom stereocenters. The fraction of sp³-hybridized carbons (Fsp3) is 1.00. The minimum absolute atomic E-state index is 0. The summed E-state index contributed by atoms with van der Waals surface area (Å²) in [6, 6.07) is 0. The Morgan fingerprint density at radius 1 is 1.50 bits per heavy atom. The first-order valence-electron chi connectivity index (χ1n) is 0.968. The molecular formula is CH6I2NSSb. The predicted molar refractivity (Wildman–Crippen MR) is 52.3 cm³/mol. The molecule has 1 nitrogen and oxygen atoms in total. The number of hydrogen-bond acceptors (Lipinski definition) is 2. The molecule has 0 bridgehead atoms. The van der Waals surface area contributed by atoms with Gasteiger partial charge >= 0.3 is 59.9 Å². The summed E-state index contributed by atoms with van der Waals surface area (Å²) in [5, 5.41) is 0. The van der Waals surface area contributed by atoms with Gasteiger partial charge < -0.3 is 6.15 Å². The summed E-state index contributed by atoms with van der Waals surface area (Å²) < 4.78 is 0. The van der Waals surface area contributed by atoms with Gasteiger partial charge in [-0.3, -0.25) is 0 Å². The van der Waals surface area contributed by atoms with E-state index in [2.05, 4.69) is 41.9 Å². The SMILES string of the molecule is N.[CH3][Sb](=[S])([I])[I]. The van der Waals surface area contributed by atoms with Crippen LogP contribution in [-0.2, 0) is 0 Å². The Kier molecular flexibility index (Phi) is 8.17. The average Bonchev–Trinajstić information content (AvgIpc) is 0.722. The van der Waals surface area contributed by atoms with E-state index >= 15 is 0 Å². The van der Waals surface area contributed by atoms with Crippen LogP contribution < -0.4 is 6.15 Å². The Balaban J connectivity index is 0.